The van der Waals surface area contributed by atoms with Crippen LogP contribution in [-0.4, -0.2) is 26.2 Å². The Labute approximate surface area is 139 Å². The van der Waals surface area contributed by atoms with E-state index < -0.39 is 0 Å². The van der Waals surface area contributed by atoms with Gasteiger partial charge in [-0.3, -0.25) is 4.79 Å². The van der Waals surface area contributed by atoms with Gasteiger partial charge in [-0.25, -0.2) is 4.39 Å². The van der Waals surface area contributed by atoms with E-state index in [4.69, 9.17) is 9.47 Å². The van der Waals surface area contributed by atoms with E-state index in [0.717, 1.165) is 12.8 Å². The van der Waals surface area contributed by atoms with Crippen LogP contribution >= 0.6 is 0 Å². The van der Waals surface area contributed by atoms with Gasteiger partial charge in [0.15, 0.2) is 11.5 Å². The van der Waals surface area contributed by atoms with Gasteiger partial charge in [-0.05, 0) is 43.2 Å². The Kier molecular flexibility index (Phi) is 4.55. The summed E-state index contributed by atoms with van der Waals surface area (Å²) in [6.45, 7) is 0. The first-order chi connectivity index (χ1) is 11.6. The van der Waals surface area contributed by atoms with Crippen molar-refractivity contribution < 1.29 is 18.7 Å². The van der Waals surface area contributed by atoms with Crippen molar-refractivity contribution in [1.29, 1.82) is 0 Å². The summed E-state index contributed by atoms with van der Waals surface area (Å²) in [5.74, 6) is 0.128. The van der Waals surface area contributed by atoms with Crippen molar-refractivity contribution in [1.82, 2.24) is 0 Å². The number of hydrogen-bond donors (Lipinski definition) is 2. The van der Waals surface area contributed by atoms with Crippen LogP contribution in [0.25, 0.3) is 0 Å². The Morgan fingerprint density at radius 2 is 1.92 bits per heavy atom. The third kappa shape index (κ3) is 3.42. The lowest BCUT2D eigenvalue weighted by atomic mass is 10.1. The minimum Gasteiger partial charge on any atom is -0.493 e. The van der Waals surface area contributed by atoms with Crippen LogP contribution in [0.1, 0.15) is 23.2 Å². The second-order valence-electron chi connectivity index (χ2n) is 5.60. The van der Waals surface area contributed by atoms with Gasteiger partial charge in [0.25, 0.3) is 5.91 Å². The van der Waals surface area contributed by atoms with Crippen molar-refractivity contribution >= 4 is 17.3 Å². The maximum Gasteiger partial charge on any atom is 0.259 e. The van der Waals surface area contributed by atoms with Gasteiger partial charge >= 0.3 is 0 Å². The van der Waals surface area contributed by atoms with Crippen molar-refractivity contribution in [2.24, 2.45) is 0 Å². The molecule has 1 aliphatic carbocycles. The molecule has 24 heavy (non-hydrogen) atoms. The van der Waals surface area contributed by atoms with Gasteiger partial charge < -0.3 is 20.1 Å². The van der Waals surface area contributed by atoms with Gasteiger partial charge in [0, 0.05) is 6.04 Å². The highest BCUT2D eigenvalue weighted by atomic mass is 19.1. The number of amides is 1. The summed E-state index contributed by atoms with van der Waals surface area (Å²) in [4.78, 5) is 12.6. The highest BCUT2D eigenvalue weighted by Gasteiger charge is 2.23. The van der Waals surface area contributed by atoms with E-state index in [2.05, 4.69) is 10.6 Å². The molecule has 0 atom stereocenters. The van der Waals surface area contributed by atoms with Crippen molar-refractivity contribution in [3.63, 3.8) is 0 Å². The van der Waals surface area contributed by atoms with Gasteiger partial charge in [-0.15, -0.1) is 0 Å². The molecule has 1 aliphatic rings. The summed E-state index contributed by atoms with van der Waals surface area (Å²) in [5, 5.41) is 6.03. The minimum atomic E-state index is -0.352. The molecule has 0 spiro atoms. The molecule has 0 heterocycles. The fraction of sp³-hybridized carbons (Fsp3) is 0.278. The Morgan fingerprint density at radius 1 is 1.12 bits per heavy atom. The Bertz CT molecular complexity index is 760. The maximum absolute atomic E-state index is 13.5. The number of rotatable bonds is 6. The van der Waals surface area contributed by atoms with Crippen molar-refractivity contribution in [2.75, 3.05) is 24.9 Å². The van der Waals surface area contributed by atoms with Gasteiger partial charge in [-0.1, -0.05) is 6.07 Å². The topological polar surface area (TPSA) is 59.6 Å². The SMILES string of the molecule is COc1cccc(C(=O)Nc2ccc(F)cc2NC2CC2)c1OC. The quantitative estimate of drug-likeness (QED) is 0.848. The minimum absolute atomic E-state index is 0.341. The van der Waals surface area contributed by atoms with Crippen molar-refractivity contribution in [2.45, 2.75) is 18.9 Å². The Morgan fingerprint density at radius 3 is 2.58 bits per heavy atom. The molecule has 5 nitrogen and oxygen atoms in total. The van der Waals surface area contributed by atoms with E-state index in [9.17, 15) is 9.18 Å². The highest BCUT2D eigenvalue weighted by Crippen LogP contribution is 2.33. The molecule has 2 aromatic rings. The second kappa shape index (κ2) is 6.78. The number of benzene rings is 2. The van der Waals surface area contributed by atoms with Crippen LogP contribution < -0.4 is 20.1 Å². The van der Waals surface area contributed by atoms with Crippen molar-refractivity contribution in [3.05, 3.63) is 47.8 Å². The standard InChI is InChI=1S/C18H19FN2O3/c1-23-16-5-3-4-13(17(16)24-2)18(22)21-14-9-6-11(19)10-15(14)20-12-7-8-12/h3-6,9-10,12,20H,7-8H2,1-2H3,(H,21,22). The largest absolute Gasteiger partial charge is 0.493 e. The predicted octanol–water partition coefficient (Wildman–Crippen LogP) is 3.67. The lowest BCUT2D eigenvalue weighted by Gasteiger charge is -2.15. The van der Waals surface area contributed by atoms with Gasteiger partial charge in [0.05, 0.1) is 31.2 Å². The van der Waals surface area contributed by atoms with Gasteiger partial charge in [0.1, 0.15) is 5.82 Å². The maximum atomic E-state index is 13.5. The van der Waals surface area contributed by atoms with Gasteiger partial charge in [-0.2, -0.15) is 0 Å². The van der Waals surface area contributed by atoms with E-state index in [1.54, 1.807) is 24.3 Å². The number of carbonyl (C=O) groups excluding carboxylic acids is 1. The van der Waals surface area contributed by atoms with Crippen molar-refractivity contribution in [3.8, 4) is 11.5 Å². The molecule has 1 fully saturated rings. The smallest absolute Gasteiger partial charge is 0.259 e. The summed E-state index contributed by atoms with van der Waals surface area (Å²) in [6, 6.07) is 9.66. The third-order valence-corrected chi connectivity index (χ3v) is 3.81. The number of carbonyl (C=O) groups is 1. The molecule has 1 amide bonds. The molecule has 0 saturated heterocycles. The van der Waals surface area contributed by atoms with E-state index in [0.29, 0.717) is 34.5 Å². The zero-order valence-electron chi connectivity index (χ0n) is 13.6. The first-order valence-electron chi connectivity index (χ1n) is 7.71. The zero-order chi connectivity index (χ0) is 17.1. The molecule has 0 bridgehead atoms. The summed E-state index contributed by atoms with van der Waals surface area (Å²) in [5.41, 5.74) is 1.45. The molecule has 2 aromatic carbocycles. The molecule has 6 heteroatoms. The molecule has 1 saturated carbocycles. The lowest BCUT2D eigenvalue weighted by molar-refractivity contribution is 0.102. The number of hydrogen-bond acceptors (Lipinski definition) is 4. The van der Waals surface area contributed by atoms with Crippen LogP contribution in [0.15, 0.2) is 36.4 Å². The summed E-state index contributed by atoms with van der Waals surface area (Å²) < 4.78 is 24.0. The second-order valence-corrected chi connectivity index (χ2v) is 5.60. The lowest BCUT2D eigenvalue weighted by Crippen LogP contribution is -2.15. The fourth-order valence-corrected chi connectivity index (χ4v) is 2.45. The average molecular weight is 330 g/mol. The van der Waals surface area contributed by atoms with Crippen LogP contribution in [0.3, 0.4) is 0 Å². The first kappa shape index (κ1) is 16.1. The highest BCUT2D eigenvalue weighted by molar-refractivity contribution is 6.08. The normalized spacial score (nSPS) is 13.3. The zero-order valence-corrected chi connectivity index (χ0v) is 13.6. The van der Waals surface area contributed by atoms with Crippen LogP contribution in [0.4, 0.5) is 15.8 Å². The predicted molar refractivity (Wildman–Crippen MR) is 90.5 cm³/mol. The molecule has 126 valence electrons. The van der Waals surface area contributed by atoms with Crippen LogP contribution in [0, 0.1) is 5.82 Å². The number of anilines is 2. The molecule has 0 unspecified atom stereocenters. The summed E-state index contributed by atoms with van der Waals surface area (Å²) >= 11 is 0. The van der Waals surface area contributed by atoms with E-state index >= 15 is 0 Å². The van der Waals surface area contributed by atoms with Gasteiger partial charge in [0.2, 0.25) is 0 Å². The van der Waals surface area contributed by atoms with E-state index in [1.165, 1.54) is 26.4 Å². The molecule has 0 radical (unpaired) electrons. The third-order valence-electron chi connectivity index (χ3n) is 3.81. The molecule has 3 rings (SSSR count). The molecular formula is C18H19FN2O3. The number of para-hydroxylation sites is 1. The summed E-state index contributed by atoms with van der Waals surface area (Å²) in [6.07, 6.45) is 2.10. The molecular weight excluding hydrogens is 311 g/mol. The number of nitrogens with one attached hydrogen (secondary N) is 2. The van der Waals surface area contributed by atoms with Crippen LogP contribution in [-0.2, 0) is 0 Å². The molecule has 2 N–H and O–H groups in total. The number of ether oxygens (including phenoxy) is 2. The molecule has 0 aliphatic heterocycles. The Balaban J connectivity index is 1.87. The van der Waals surface area contributed by atoms with Crippen LogP contribution in [0.5, 0.6) is 11.5 Å². The first-order valence-corrected chi connectivity index (χ1v) is 7.71. The van der Waals surface area contributed by atoms with Crippen LogP contribution in [0.2, 0.25) is 0 Å². The van der Waals surface area contributed by atoms with E-state index in [1.807, 2.05) is 0 Å². The number of methoxy groups -OCH3 is 2. The summed E-state index contributed by atoms with van der Waals surface area (Å²) in [7, 11) is 2.99. The average Bonchev–Trinajstić information content (AvgIpc) is 3.40. The molecule has 0 aromatic heterocycles. The number of halogens is 1. The fourth-order valence-electron chi connectivity index (χ4n) is 2.45. The Hall–Kier alpha value is -2.76. The monoisotopic (exact) mass is 330 g/mol. The van der Waals surface area contributed by atoms with E-state index in [-0.39, 0.29) is 11.7 Å².